The Hall–Kier alpha value is -2.36. The summed E-state index contributed by atoms with van der Waals surface area (Å²) < 4.78 is 13.5. The van der Waals surface area contributed by atoms with Crippen molar-refractivity contribution in [1.82, 2.24) is 25.2 Å². The van der Waals surface area contributed by atoms with Crippen LogP contribution < -0.4 is 10.1 Å². The predicted octanol–water partition coefficient (Wildman–Crippen LogP) is 5.22. The summed E-state index contributed by atoms with van der Waals surface area (Å²) in [6.45, 7) is 8.89. The fourth-order valence-corrected chi connectivity index (χ4v) is 5.02. The van der Waals surface area contributed by atoms with Crippen molar-refractivity contribution in [3.63, 3.8) is 0 Å². The SMILES string of the molecule is CCCc1cc(OC(=O)NC2CCN(C(C)C)CC2)nn1Cc1cc(-c2ccc(Cl)s2)on1. The van der Waals surface area contributed by atoms with Crippen LogP contribution in [0, 0.1) is 0 Å². The van der Waals surface area contributed by atoms with E-state index in [1.165, 1.54) is 11.3 Å². The first-order chi connectivity index (χ1) is 15.9. The molecule has 0 aliphatic carbocycles. The van der Waals surface area contributed by atoms with E-state index in [0.717, 1.165) is 55.0 Å². The fourth-order valence-electron chi connectivity index (χ4n) is 4.03. The zero-order valence-electron chi connectivity index (χ0n) is 19.2. The average molecular weight is 492 g/mol. The van der Waals surface area contributed by atoms with Gasteiger partial charge in [-0.25, -0.2) is 4.79 Å². The zero-order valence-corrected chi connectivity index (χ0v) is 20.8. The number of halogens is 1. The highest BCUT2D eigenvalue weighted by Crippen LogP contribution is 2.31. The number of aromatic nitrogens is 3. The largest absolute Gasteiger partial charge is 0.414 e. The van der Waals surface area contributed by atoms with E-state index < -0.39 is 6.09 Å². The van der Waals surface area contributed by atoms with Crippen LogP contribution in [0.4, 0.5) is 4.79 Å². The summed E-state index contributed by atoms with van der Waals surface area (Å²) in [4.78, 5) is 15.8. The van der Waals surface area contributed by atoms with Crippen LogP contribution in [-0.4, -0.2) is 51.1 Å². The molecule has 4 rings (SSSR count). The Kier molecular flexibility index (Phi) is 7.72. The standard InChI is InChI=1S/C23H30ClN5O3S/c1-4-5-18-13-22(31-23(30)25-16-8-10-28(11-9-16)15(2)3)26-29(18)14-17-12-19(32-27-17)20-6-7-21(24)33-20/h6-7,12-13,15-16H,4-5,8-11,14H2,1-3H3,(H,25,30). The van der Waals surface area contributed by atoms with Crippen molar-refractivity contribution in [2.75, 3.05) is 13.1 Å². The maximum absolute atomic E-state index is 12.5. The molecular weight excluding hydrogens is 462 g/mol. The van der Waals surface area contributed by atoms with Gasteiger partial charge in [-0.15, -0.1) is 16.4 Å². The number of aryl methyl sites for hydroxylation is 1. The van der Waals surface area contributed by atoms with E-state index in [9.17, 15) is 4.79 Å². The summed E-state index contributed by atoms with van der Waals surface area (Å²) in [5.74, 6) is 0.967. The summed E-state index contributed by atoms with van der Waals surface area (Å²) in [6.07, 6.45) is 3.16. The number of nitrogens with one attached hydrogen (secondary N) is 1. The van der Waals surface area contributed by atoms with Gasteiger partial charge < -0.3 is 19.5 Å². The molecule has 1 aliphatic heterocycles. The number of thiophene rings is 1. The van der Waals surface area contributed by atoms with Crippen molar-refractivity contribution in [3.05, 3.63) is 40.0 Å². The molecule has 1 N–H and O–H groups in total. The molecule has 1 saturated heterocycles. The van der Waals surface area contributed by atoms with Crippen molar-refractivity contribution >= 4 is 29.0 Å². The molecule has 0 unspecified atom stereocenters. The molecule has 0 spiro atoms. The van der Waals surface area contributed by atoms with Crippen LogP contribution >= 0.6 is 22.9 Å². The number of piperidine rings is 1. The molecule has 0 bridgehead atoms. The van der Waals surface area contributed by atoms with Crippen LogP contribution in [0.5, 0.6) is 5.88 Å². The maximum atomic E-state index is 12.5. The second-order valence-corrected chi connectivity index (χ2v) is 10.3. The molecule has 1 fully saturated rings. The third-order valence-electron chi connectivity index (χ3n) is 5.81. The molecule has 1 amide bonds. The van der Waals surface area contributed by atoms with Gasteiger partial charge in [0.25, 0.3) is 0 Å². The van der Waals surface area contributed by atoms with E-state index in [2.05, 4.69) is 41.2 Å². The Morgan fingerprint density at radius 2 is 2.12 bits per heavy atom. The molecule has 3 aromatic heterocycles. The van der Waals surface area contributed by atoms with E-state index in [-0.39, 0.29) is 6.04 Å². The van der Waals surface area contributed by atoms with Gasteiger partial charge in [0, 0.05) is 43.0 Å². The minimum Gasteiger partial charge on any atom is -0.390 e. The molecule has 0 saturated carbocycles. The third-order valence-corrected chi connectivity index (χ3v) is 7.06. The lowest BCUT2D eigenvalue weighted by Crippen LogP contribution is -2.47. The van der Waals surface area contributed by atoms with Gasteiger partial charge in [0.15, 0.2) is 5.76 Å². The van der Waals surface area contributed by atoms with Crippen LogP contribution in [0.15, 0.2) is 28.8 Å². The highest BCUT2D eigenvalue weighted by Gasteiger charge is 2.23. The Morgan fingerprint density at radius 3 is 2.79 bits per heavy atom. The Labute approximate surface area is 202 Å². The molecule has 3 aromatic rings. The number of nitrogens with zero attached hydrogens (tertiary/aromatic N) is 4. The van der Waals surface area contributed by atoms with E-state index >= 15 is 0 Å². The van der Waals surface area contributed by atoms with Gasteiger partial charge in [-0.1, -0.05) is 30.1 Å². The molecule has 4 heterocycles. The molecule has 0 radical (unpaired) electrons. The van der Waals surface area contributed by atoms with Crippen molar-refractivity contribution in [2.24, 2.45) is 0 Å². The van der Waals surface area contributed by atoms with E-state index in [1.807, 2.05) is 28.9 Å². The molecule has 1 aliphatic rings. The van der Waals surface area contributed by atoms with Gasteiger partial charge in [0.2, 0.25) is 5.88 Å². The van der Waals surface area contributed by atoms with Crippen molar-refractivity contribution in [3.8, 4) is 16.5 Å². The van der Waals surface area contributed by atoms with Gasteiger partial charge in [-0.05, 0) is 45.2 Å². The lowest BCUT2D eigenvalue weighted by Gasteiger charge is -2.34. The number of carbonyl (C=O) groups is 1. The first-order valence-electron chi connectivity index (χ1n) is 11.4. The van der Waals surface area contributed by atoms with Gasteiger partial charge in [-0.3, -0.25) is 4.68 Å². The lowest BCUT2D eigenvalue weighted by molar-refractivity contribution is 0.151. The normalized spacial score (nSPS) is 15.3. The molecular formula is C23H30ClN5O3S. The minimum absolute atomic E-state index is 0.129. The van der Waals surface area contributed by atoms with Crippen LogP contribution in [-0.2, 0) is 13.0 Å². The van der Waals surface area contributed by atoms with Crippen molar-refractivity contribution < 1.29 is 14.1 Å². The van der Waals surface area contributed by atoms with Crippen LogP contribution in [0.1, 0.15) is 51.4 Å². The predicted molar refractivity (Wildman–Crippen MR) is 129 cm³/mol. The van der Waals surface area contributed by atoms with Gasteiger partial charge in [0.05, 0.1) is 15.8 Å². The number of ether oxygens (including phenoxy) is 1. The van der Waals surface area contributed by atoms with Crippen molar-refractivity contribution in [1.29, 1.82) is 0 Å². The number of rotatable bonds is 8. The van der Waals surface area contributed by atoms with Crippen molar-refractivity contribution in [2.45, 2.75) is 65.1 Å². The average Bonchev–Trinajstić information content (AvgIpc) is 3.50. The second-order valence-electron chi connectivity index (χ2n) is 8.61. The summed E-state index contributed by atoms with van der Waals surface area (Å²) in [5, 5.41) is 11.7. The first-order valence-corrected chi connectivity index (χ1v) is 12.6. The van der Waals surface area contributed by atoms with Crippen LogP contribution in [0.2, 0.25) is 4.34 Å². The number of likely N-dealkylation sites (tertiary alicyclic amines) is 1. The molecule has 33 heavy (non-hydrogen) atoms. The third kappa shape index (κ3) is 6.16. The summed E-state index contributed by atoms with van der Waals surface area (Å²) in [6, 6.07) is 8.11. The topological polar surface area (TPSA) is 85.4 Å². The smallest absolute Gasteiger partial charge is 0.390 e. The maximum Gasteiger partial charge on any atom is 0.414 e. The summed E-state index contributed by atoms with van der Waals surface area (Å²) >= 11 is 7.46. The Morgan fingerprint density at radius 1 is 1.33 bits per heavy atom. The highest BCUT2D eigenvalue weighted by molar-refractivity contribution is 7.19. The Bertz CT molecular complexity index is 1070. The second kappa shape index (κ2) is 10.7. The van der Waals surface area contributed by atoms with Gasteiger partial charge in [-0.2, -0.15) is 0 Å². The fraction of sp³-hybridized carbons (Fsp3) is 0.522. The molecule has 0 aromatic carbocycles. The quantitative estimate of drug-likeness (QED) is 0.465. The molecule has 8 nitrogen and oxygen atoms in total. The van der Waals surface area contributed by atoms with E-state index in [1.54, 1.807) is 0 Å². The Balaban J connectivity index is 1.37. The van der Waals surface area contributed by atoms with Crippen LogP contribution in [0.3, 0.4) is 0 Å². The molecule has 178 valence electrons. The van der Waals surface area contributed by atoms with Gasteiger partial charge in [0.1, 0.15) is 5.69 Å². The molecule has 10 heteroatoms. The number of hydrogen-bond acceptors (Lipinski definition) is 7. The monoisotopic (exact) mass is 491 g/mol. The number of amides is 1. The number of hydrogen-bond donors (Lipinski definition) is 1. The zero-order chi connectivity index (χ0) is 23.4. The highest BCUT2D eigenvalue weighted by atomic mass is 35.5. The summed E-state index contributed by atoms with van der Waals surface area (Å²) in [7, 11) is 0. The van der Waals surface area contributed by atoms with E-state index in [4.69, 9.17) is 20.9 Å². The minimum atomic E-state index is -0.455. The lowest BCUT2D eigenvalue weighted by atomic mass is 10.0. The first kappa shape index (κ1) is 23.8. The van der Waals surface area contributed by atoms with Crippen LogP contribution in [0.25, 0.3) is 10.6 Å². The number of carbonyl (C=O) groups excluding carboxylic acids is 1. The van der Waals surface area contributed by atoms with Gasteiger partial charge >= 0.3 is 6.09 Å². The molecule has 0 atom stereocenters. The summed E-state index contributed by atoms with van der Waals surface area (Å²) in [5.41, 5.74) is 1.72. The van der Waals surface area contributed by atoms with E-state index in [0.29, 0.717) is 28.6 Å².